The van der Waals surface area contributed by atoms with E-state index in [1.54, 1.807) is 18.2 Å². The number of ether oxygens (including phenoxy) is 2. The van der Waals surface area contributed by atoms with Crippen molar-refractivity contribution < 1.29 is 24.5 Å². The lowest BCUT2D eigenvalue weighted by Crippen LogP contribution is -2.34. The van der Waals surface area contributed by atoms with Crippen LogP contribution in [0.1, 0.15) is 10.4 Å². The molecule has 1 amide bonds. The van der Waals surface area contributed by atoms with E-state index in [0.717, 1.165) is 0 Å². The number of fused-ring (bicyclic) bond motifs is 1. The molecule has 3 N–H and O–H groups in total. The summed E-state index contributed by atoms with van der Waals surface area (Å²) in [6, 6.07) is 5.05. The van der Waals surface area contributed by atoms with Gasteiger partial charge in [-0.05, 0) is 12.1 Å². The molecule has 1 aromatic rings. The molecule has 6 nitrogen and oxygen atoms in total. The molecule has 1 unspecified atom stereocenters. The van der Waals surface area contributed by atoms with Gasteiger partial charge in [-0.25, -0.2) is 0 Å². The Bertz CT molecular complexity index is 434. The zero-order chi connectivity index (χ0) is 13.0. The molecule has 98 valence electrons. The first-order chi connectivity index (χ1) is 8.72. The molecule has 0 aromatic heterocycles. The van der Waals surface area contributed by atoms with E-state index >= 15 is 0 Å². The van der Waals surface area contributed by atoms with Crippen LogP contribution in [0.4, 0.5) is 0 Å². The molecule has 0 fully saturated rings. The summed E-state index contributed by atoms with van der Waals surface area (Å²) in [6.07, 6.45) is -0.967. The Hall–Kier alpha value is -1.79. The second-order valence-electron chi connectivity index (χ2n) is 3.88. The summed E-state index contributed by atoms with van der Waals surface area (Å²) in [4.78, 5) is 11.9. The molecule has 1 atom stereocenters. The van der Waals surface area contributed by atoms with Gasteiger partial charge in [0.1, 0.15) is 13.2 Å². The van der Waals surface area contributed by atoms with Crippen molar-refractivity contribution in [2.24, 2.45) is 0 Å². The molecule has 0 radical (unpaired) electrons. The van der Waals surface area contributed by atoms with Gasteiger partial charge in [-0.1, -0.05) is 6.07 Å². The summed E-state index contributed by atoms with van der Waals surface area (Å²) in [6.45, 7) is 0.449. The van der Waals surface area contributed by atoms with Gasteiger partial charge in [0.05, 0.1) is 18.3 Å². The molecule has 0 bridgehead atoms. The molecule has 0 saturated carbocycles. The van der Waals surface area contributed by atoms with E-state index in [9.17, 15) is 9.90 Å². The third-order valence-electron chi connectivity index (χ3n) is 2.52. The fourth-order valence-electron chi connectivity index (χ4n) is 1.62. The maximum absolute atomic E-state index is 11.9. The number of carbonyl (C=O) groups excluding carboxylic acids is 1. The van der Waals surface area contributed by atoms with Crippen molar-refractivity contribution in [2.45, 2.75) is 6.10 Å². The molecule has 6 heteroatoms. The van der Waals surface area contributed by atoms with Crippen LogP contribution >= 0.6 is 0 Å². The minimum absolute atomic E-state index is 0.0140. The standard InChI is InChI=1S/C12H15NO5/c14-7-8(15)6-13-12(16)9-2-1-3-10-11(9)18-5-4-17-10/h1-3,8,14-15H,4-7H2,(H,13,16). The van der Waals surface area contributed by atoms with Crippen LogP contribution in [0.3, 0.4) is 0 Å². The summed E-state index contributed by atoms with van der Waals surface area (Å²) >= 11 is 0. The van der Waals surface area contributed by atoms with Gasteiger partial charge in [-0.2, -0.15) is 0 Å². The Morgan fingerprint density at radius 1 is 1.39 bits per heavy atom. The molecule has 1 heterocycles. The zero-order valence-electron chi connectivity index (χ0n) is 9.76. The summed E-state index contributed by atoms with van der Waals surface area (Å²) in [5.74, 6) is 0.584. The van der Waals surface area contributed by atoms with Crippen molar-refractivity contribution in [3.05, 3.63) is 23.8 Å². The van der Waals surface area contributed by atoms with E-state index in [4.69, 9.17) is 14.6 Å². The van der Waals surface area contributed by atoms with Gasteiger partial charge in [0.2, 0.25) is 0 Å². The highest BCUT2D eigenvalue weighted by atomic mass is 16.6. The number of amides is 1. The van der Waals surface area contributed by atoms with Crippen LogP contribution < -0.4 is 14.8 Å². The van der Waals surface area contributed by atoms with E-state index in [2.05, 4.69) is 5.32 Å². The fraction of sp³-hybridized carbons (Fsp3) is 0.417. The number of carbonyl (C=O) groups is 1. The monoisotopic (exact) mass is 253 g/mol. The molecule has 0 aliphatic carbocycles. The molecular formula is C12H15NO5. The molecular weight excluding hydrogens is 238 g/mol. The Kier molecular flexibility index (Phi) is 4.01. The first-order valence-electron chi connectivity index (χ1n) is 5.68. The first kappa shape index (κ1) is 12.7. The number of hydrogen-bond donors (Lipinski definition) is 3. The lowest BCUT2D eigenvalue weighted by molar-refractivity contribution is 0.0796. The van der Waals surface area contributed by atoms with Crippen LogP contribution in [0.25, 0.3) is 0 Å². The van der Waals surface area contributed by atoms with Crippen LogP contribution in [0.15, 0.2) is 18.2 Å². The zero-order valence-corrected chi connectivity index (χ0v) is 9.76. The van der Waals surface area contributed by atoms with Crippen LogP contribution in [-0.2, 0) is 0 Å². The van der Waals surface area contributed by atoms with E-state index < -0.39 is 12.7 Å². The number of benzene rings is 1. The van der Waals surface area contributed by atoms with Crippen molar-refractivity contribution in [3.63, 3.8) is 0 Å². The SMILES string of the molecule is O=C(NCC(O)CO)c1cccc2c1OCCO2. The number of rotatable bonds is 4. The van der Waals surface area contributed by atoms with E-state index in [1.807, 2.05) is 0 Å². The highest BCUT2D eigenvalue weighted by Crippen LogP contribution is 2.33. The van der Waals surface area contributed by atoms with Crippen molar-refractivity contribution in [1.82, 2.24) is 5.32 Å². The van der Waals surface area contributed by atoms with Gasteiger partial charge >= 0.3 is 0 Å². The van der Waals surface area contributed by atoms with Crippen molar-refractivity contribution in [1.29, 1.82) is 0 Å². The molecule has 1 aromatic carbocycles. The van der Waals surface area contributed by atoms with Crippen molar-refractivity contribution in [3.8, 4) is 11.5 Å². The summed E-state index contributed by atoms with van der Waals surface area (Å²) < 4.78 is 10.8. The number of para-hydroxylation sites is 1. The van der Waals surface area contributed by atoms with Crippen LogP contribution in [-0.4, -0.2) is 48.6 Å². The van der Waals surface area contributed by atoms with Gasteiger partial charge in [0.15, 0.2) is 11.5 Å². The predicted octanol–water partition coefficient (Wildman–Crippen LogP) is -0.459. The maximum Gasteiger partial charge on any atom is 0.255 e. The Morgan fingerprint density at radius 2 is 2.17 bits per heavy atom. The van der Waals surface area contributed by atoms with Crippen molar-refractivity contribution >= 4 is 5.91 Å². The highest BCUT2D eigenvalue weighted by molar-refractivity contribution is 5.97. The molecule has 0 spiro atoms. The Labute approximate surface area is 104 Å². The minimum atomic E-state index is -0.967. The topological polar surface area (TPSA) is 88.0 Å². The molecule has 1 aliphatic rings. The lowest BCUT2D eigenvalue weighted by atomic mass is 10.1. The molecule has 18 heavy (non-hydrogen) atoms. The van der Waals surface area contributed by atoms with Gasteiger partial charge in [0, 0.05) is 6.54 Å². The first-order valence-corrected chi connectivity index (χ1v) is 5.68. The predicted molar refractivity (Wildman–Crippen MR) is 62.9 cm³/mol. The van der Waals surface area contributed by atoms with E-state index in [0.29, 0.717) is 30.3 Å². The van der Waals surface area contributed by atoms with E-state index in [-0.39, 0.29) is 12.5 Å². The van der Waals surface area contributed by atoms with Gasteiger partial charge in [-0.15, -0.1) is 0 Å². The maximum atomic E-state index is 11.9. The number of aliphatic hydroxyl groups excluding tert-OH is 2. The summed E-state index contributed by atoms with van der Waals surface area (Å²) in [5.41, 5.74) is 0.359. The molecule has 1 aliphatic heterocycles. The average molecular weight is 253 g/mol. The minimum Gasteiger partial charge on any atom is -0.486 e. The van der Waals surface area contributed by atoms with Crippen LogP contribution in [0.5, 0.6) is 11.5 Å². The second-order valence-corrected chi connectivity index (χ2v) is 3.88. The van der Waals surface area contributed by atoms with Gasteiger partial charge in [-0.3, -0.25) is 4.79 Å². The second kappa shape index (κ2) is 5.70. The molecule has 0 saturated heterocycles. The lowest BCUT2D eigenvalue weighted by Gasteiger charge is -2.20. The third-order valence-corrected chi connectivity index (χ3v) is 2.52. The third kappa shape index (κ3) is 2.72. The normalized spacial score (nSPS) is 15.0. The van der Waals surface area contributed by atoms with Crippen LogP contribution in [0.2, 0.25) is 0 Å². The van der Waals surface area contributed by atoms with Gasteiger partial charge < -0.3 is 25.0 Å². The number of hydrogen-bond acceptors (Lipinski definition) is 5. The quantitative estimate of drug-likeness (QED) is 0.676. The fourth-order valence-corrected chi connectivity index (χ4v) is 1.62. The van der Waals surface area contributed by atoms with Crippen LogP contribution in [0, 0.1) is 0 Å². The number of nitrogens with one attached hydrogen (secondary N) is 1. The highest BCUT2D eigenvalue weighted by Gasteiger charge is 2.20. The van der Waals surface area contributed by atoms with E-state index in [1.165, 1.54) is 0 Å². The van der Waals surface area contributed by atoms with Gasteiger partial charge in [0.25, 0.3) is 5.91 Å². The summed E-state index contributed by atoms with van der Waals surface area (Å²) in [5, 5.41) is 20.4. The average Bonchev–Trinajstić information content (AvgIpc) is 2.43. The number of aliphatic hydroxyl groups is 2. The Morgan fingerprint density at radius 3 is 2.94 bits per heavy atom. The largest absolute Gasteiger partial charge is 0.486 e. The Balaban J connectivity index is 2.10. The molecule has 2 rings (SSSR count). The van der Waals surface area contributed by atoms with Crippen molar-refractivity contribution in [2.75, 3.05) is 26.4 Å². The summed E-state index contributed by atoms with van der Waals surface area (Å²) in [7, 11) is 0. The smallest absolute Gasteiger partial charge is 0.255 e.